The molecule has 0 aromatic heterocycles. The SMILES string of the molecule is O=S(=O)(Cl)c1cc(F)c(Cl)cc1Cl. The second-order valence-corrected chi connectivity index (χ2v) is 5.48. The van der Waals surface area contributed by atoms with E-state index in [0.29, 0.717) is 6.07 Å². The number of rotatable bonds is 1. The number of halogens is 4. The highest BCUT2D eigenvalue weighted by Crippen LogP contribution is 2.29. The zero-order valence-corrected chi connectivity index (χ0v) is 8.98. The summed E-state index contributed by atoms with van der Waals surface area (Å²) in [5.41, 5.74) is 0. The third-order valence-electron chi connectivity index (χ3n) is 1.24. The van der Waals surface area contributed by atoms with Crippen LogP contribution in [-0.2, 0) is 9.05 Å². The fourth-order valence-electron chi connectivity index (χ4n) is 0.691. The molecule has 0 unspecified atom stereocenters. The van der Waals surface area contributed by atoms with E-state index in [1.807, 2.05) is 0 Å². The van der Waals surface area contributed by atoms with Crippen molar-refractivity contribution < 1.29 is 12.8 Å². The molecule has 0 saturated heterocycles. The molecule has 0 atom stereocenters. The first-order chi connectivity index (χ1) is 5.82. The van der Waals surface area contributed by atoms with Crippen LogP contribution in [0.4, 0.5) is 4.39 Å². The zero-order chi connectivity index (χ0) is 10.2. The van der Waals surface area contributed by atoms with E-state index < -0.39 is 19.8 Å². The van der Waals surface area contributed by atoms with Crippen molar-refractivity contribution in [1.29, 1.82) is 0 Å². The molecule has 72 valence electrons. The van der Waals surface area contributed by atoms with Gasteiger partial charge in [0.15, 0.2) is 0 Å². The molecule has 0 spiro atoms. The summed E-state index contributed by atoms with van der Waals surface area (Å²) < 4.78 is 34.4. The Labute approximate surface area is 88.6 Å². The fourth-order valence-corrected chi connectivity index (χ4v) is 2.42. The Balaban J connectivity index is 3.50. The predicted octanol–water partition coefficient (Wildman–Crippen LogP) is 3.06. The minimum absolute atomic E-state index is 0.207. The lowest BCUT2D eigenvalue weighted by atomic mass is 10.3. The molecule has 0 N–H and O–H groups in total. The molecule has 0 aliphatic heterocycles. The average molecular weight is 264 g/mol. The van der Waals surface area contributed by atoms with Gasteiger partial charge in [0.1, 0.15) is 10.7 Å². The number of benzene rings is 1. The Kier molecular flexibility index (Phi) is 3.07. The van der Waals surface area contributed by atoms with Gasteiger partial charge in [0.25, 0.3) is 9.05 Å². The molecule has 0 saturated carbocycles. The average Bonchev–Trinajstić information content (AvgIpc) is 1.94. The molecule has 0 bridgehead atoms. The molecule has 2 nitrogen and oxygen atoms in total. The highest BCUT2D eigenvalue weighted by atomic mass is 35.7. The van der Waals surface area contributed by atoms with Crippen molar-refractivity contribution in [3.63, 3.8) is 0 Å². The zero-order valence-electron chi connectivity index (χ0n) is 5.89. The van der Waals surface area contributed by atoms with E-state index in [0.717, 1.165) is 6.07 Å². The molecule has 1 aromatic carbocycles. The van der Waals surface area contributed by atoms with Crippen molar-refractivity contribution >= 4 is 42.9 Å². The first-order valence-corrected chi connectivity index (χ1v) is 5.98. The van der Waals surface area contributed by atoms with Gasteiger partial charge in [0.2, 0.25) is 0 Å². The van der Waals surface area contributed by atoms with Gasteiger partial charge in [-0.15, -0.1) is 0 Å². The van der Waals surface area contributed by atoms with Crippen LogP contribution in [0.5, 0.6) is 0 Å². The molecule has 1 rings (SSSR count). The van der Waals surface area contributed by atoms with E-state index in [9.17, 15) is 12.8 Å². The predicted molar refractivity (Wildman–Crippen MR) is 49.5 cm³/mol. The smallest absolute Gasteiger partial charge is 0.207 e. The van der Waals surface area contributed by atoms with Crippen LogP contribution in [0.2, 0.25) is 10.0 Å². The third kappa shape index (κ3) is 2.47. The van der Waals surface area contributed by atoms with Gasteiger partial charge in [-0.25, -0.2) is 12.8 Å². The first kappa shape index (κ1) is 11.0. The lowest BCUT2D eigenvalue weighted by molar-refractivity contribution is 0.602. The Morgan fingerprint density at radius 3 is 2.15 bits per heavy atom. The van der Waals surface area contributed by atoms with Crippen LogP contribution in [0.3, 0.4) is 0 Å². The van der Waals surface area contributed by atoms with Gasteiger partial charge in [-0.1, -0.05) is 23.2 Å². The van der Waals surface area contributed by atoms with Crippen molar-refractivity contribution in [3.05, 3.63) is 28.0 Å². The van der Waals surface area contributed by atoms with Crippen LogP contribution in [-0.4, -0.2) is 8.42 Å². The third-order valence-corrected chi connectivity index (χ3v) is 3.31. The molecule has 1 aromatic rings. The second-order valence-electron chi connectivity index (χ2n) is 2.13. The van der Waals surface area contributed by atoms with Gasteiger partial charge in [0.05, 0.1) is 10.0 Å². The van der Waals surface area contributed by atoms with E-state index in [-0.39, 0.29) is 10.0 Å². The largest absolute Gasteiger partial charge is 0.262 e. The summed E-state index contributed by atoms with van der Waals surface area (Å²) in [7, 11) is 0.935. The van der Waals surface area contributed by atoms with Crippen LogP contribution in [0.25, 0.3) is 0 Å². The minimum atomic E-state index is -4.03. The molecular weight excluding hydrogens is 261 g/mol. The Morgan fingerprint density at radius 2 is 1.69 bits per heavy atom. The molecule has 0 aliphatic carbocycles. The molecule has 0 heterocycles. The maximum absolute atomic E-state index is 12.8. The van der Waals surface area contributed by atoms with Gasteiger partial charge in [-0.2, -0.15) is 0 Å². The maximum atomic E-state index is 12.8. The molecule has 0 fully saturated rings. The summed E-state index contributed by atoms with van der Waals surface area (Å²) in [5.74, 6) is -0.884. The Bertz CT molecular complexity index is 443. The monoisotopic (exact) mass is 262 g/mol. The summed E-state index contributed by atoms with van der Waals surface area (Å²) in [6, 6.07) is 1.65. The van der Waals surface area contributed by atoms with E-state index in [2.05, 4.69) is 0 Å². The quantitative estimate of drug-likeness (QED) is 0.576. The van der Waals surface area contributed by atoms with Crippen LogP contribution in [0, 0.1) is 5.82 Å². The second kappa shape index (κ2) is 3.61. The summed E-state index contributed by atoms with van der Waals surface area (Å²) in [4.78, 5) is -0.488. The molecule has 7 heteroatoms. The Hall–Kier alpha value is -0.0300. The van der Waals surface area contributed by atoms with Crippen LogP contribution in [0.15, 0.2) is 17.0 Å². The number of hydrogen-bond donors (Lipinski definition) is 0. The van der Waals surface area contributed by atoms with Gasteiger partial charge in [-0.3, -0.25) is 0 Å². The molecule has 0 radical (unpaired) electrons. The van der Waals surface area contributed by atoms with Gasteiger partial charge in [-0.05, 0) is 12.1 Å². The van der Waals surface area contributed by atoms with Crippen molar-refractivity contribution in [3.8, 4) is 0 Å². The van der Waals surface area contributed by atoms with E-state index >= 15 is 0 Å². The topological polar surface area (TPSA) is 34.1 Å². The van der Waals surface area contributed by atoms with E-state index in [1.54, 1.807) is 0 Å². The number of hydrogen-bond acceptors (Lipinski definition) is 2. The van der Waals surface area contributed by atoms with Crippen LogP contribution < -0.4 is 0 Å². The van der Waals surface area contributed by atoms with Crippen LogP contribution in [0.1, 0.15) is 0 Å². The van der Waals surface area contributed by atoms with Crippen molar-refractivity contribution in [1.82, 2.24) is 0 Å². The summed E-state index contributed by atoms with van der Waals surface area (Å²) >= 11 is 10.8. The summed E-state index contributed by atoms with van der Waals surface area (Å²) in [6.45, 7) is 0. The van der Waals surface area contributed by atoms with Gasteiger partial charge in [0, 0.05) is 10.7 Å². The minimum Gasteiger partial charge on any atom is -0.207 e. The fraction of sp³-hybridized carbons (Fsp3) is 0. The van der Waals surface area contributed by atoms with Gasteiger partial charge < -0.3 is 0 Å². The lowest BCUT2D eigenvalue weighted by Crippen LogP contribution is -1.93. The van der Waals surface area contributed by atoms with E-state index in [1.165, 1.54) is 0 Å². The highest BCUT2D eigenvalue weighted by Gasteiger charge is 2.17. The molecular formula is C6H2Cl3FO2S. The molecule has 13 heavy (non-hydrogen) atoms. The molecule has 0 amide bonds. The first-order valence-electron chi connectivity index (χ1n) is 2.91. The van der Waals surface area contributed by atoms with Crippen molar-refractivity contribution in [2.75, 3.05) is 0 Å². The van der Waals surface area contributed by atoms with Gasteiger partial charge >= 0.3 is 0 Å². The summed E-state index contributed by atoms with van der Waals surface area (Å²) in [6.07, 6.45) is 0. The van der Waals surface area contributed by atoms with Crippen molar-refractivity contribution in [2.45, 2.75) is 4.90 Å². The van der Waals surface area contributed by atoms with Crippen molar-refractivity contribution in [2.24, 2.45) is 0 Å². The van der Waals surface area contributed by atoms with Crippen LogP contribution >= 0.6 is 33.9 Å². The summed E-state index contributed by atoms with van der Waals surface area (Å²) in [5, 5.41) is -0.463. The normalized spacial score (nSPS) is 11.7. The molecule has 0 aliphatic rings. The lowest BCUT2D eigenvalue weighted by Gasteiger charge is -2.00. The Morgan fingerprint density at radius 1 is 1.15 bits per heavy atom. The maximum Gasteiger partial charge on any atom is 0.262 e. The van der Waals surface area contributed by atoms with E-state index in [4.69, 9.17) is 33.9 Å². The highest BCUT2D eigenvalue weighted by molar-refractivity contribution is 8.13. The standard InChI is InChI=1S/C6H2Cl3FO2S/c7-3-1-4(8)6(2-5(3)10)13(9,11)12/h1-2H.